The lowest BCUT2D eigenvalue weighted by Gasteiger charge is -2.27. The molecule has 8 heteroatoms. The van der Waals surface area contributed by atoms with E-state index in [0.29, 0.717) is 5.56 Å². The number of amides is 3. The summed E-state index contributed by atoms with van der Waals surface area (Å²) in [6, 6.07) is 11.3. The van der Waals surface area contributed by atoms with Gasteiger partial charge in [-0.05, 0) is 30.5 Å². The van der Waals surface area contributed by atoms with Crippen LogP contribution >= 0.6 is 0 Å². The molecule has 0 saturated heterocycles. The summed E-state index contributed by atoms with van der Waals surface area (Å²) in [5, 5.41) is 13.9. The van der Waals surface area contributed by atoms with Crippen LogP contribution in [0.5, 0.6) is 0 Å². The molecule has 0 bridgehead atoms. The Morgan fingerprint density at radius 1 is 1.03 bits per heavy atom. The lowest BCUT2D eigenvalue weighted by atomic mass is 10.0. The van der Waals surface area contributed by atoms with Crippen molar-refractivity contribution in [1.29, 1.82) is 0 Å². The Kier molecular flexibility index (Phi) is 5.31. The largest absolute Gasteiger partial charge is 0.352 e. The smallest absolute Gasteiger partial charge is 0.269 e. The number of nitro groups is 1. The first-order valence-electron chi connectivity index (χ1n) is 9.96. The second-order valence-electron chi connectivity index (χ2n) is 7.66. The van der Waals surface area contributed by atoms with Gasteiger partial charge in [0.05, 0.1) is 16.1 Å². The number of rotatable bonds is 6. The van der Waals surface area contributed by atoms with Crippen LogP contribution in [0.4, 0.5) is 5.69 Å². The van der Waals surface area contributed by atoms with Gasteiger partial charge in [0.1, 0.15) is 6.04 Å². The van der Waals surface area contributed by atoms with E-state index in [-0.39, 0.29) is 35.2 Å². The Morgan fingerprint density at radius 3 is 2.13 bits per heavy atom. The Labute approximate surface area is 173 Å². The van der Waals surface area contributed by atoms with Crippen molar-refractivity contribution >= 4 is 23.4 Å². The van der Waals surface area contributed by atoms with Crippen molar-refractivity contribution in [3.8, 4) is 0 Å². The van der Waals surface area contributed by atoms with Crippen molar-refractivity contribution < 1.29 is 19.3 Å². The third-order valence-electron chi connectivity index (χ3n) is 5.72. The fraction of sp³-hybridized carbons (Fsp3) is 0.318. The number of carbonyl (C=O) groups excluding carboxylic acids is 3. The maximum absolute atomic E-state index is 13.1. The number of hydrogen-bond donors (Lipinski definition) is 1. The fourth-order valence-corrected chi connectivity index (χ4v) is 4.14. The molecule has 0 aromatic heterocycles. The van der Waals surface area contributed by atoms with E-state index in [9.17, 15) is 24.5 Å². The van der Waals surface area contributed by atoms with Crippen LogP contribution in [0.1, 0.15) is 52.0 Å². The highest BCUT2D eigenvalue weighted by molar-refractivity contribution is 6.22. The van der Waals surface area contributed by atoms with Crippen LogP contribution in [-0.4, -0.2) is 39.6 Å². The second kappa shape index (κ2) is 8.06. The van der Waals surface area contributed by atoms with Gasteiger partial charge in [0.15, 0.2) is 0 Å². The highest BCUT2D eigenvalue weighted by Gasteiger charge is 2.43. The average molecular weight is 407 g/mol. The number of non-ortho nitro benzene ring substituents is 1. The molecule has 2 aromatic rings. The molecule has 1 aliphatic heterocycles. The molecule has 1 heterocycles. The van der Waals surface area contributed by atoms with Gasteiger partial charge in [-0.2, -0.15) is 0 Å². The molecule has 2 aromatic carbocycles. The molecule has 30 heavy (non-hydrogen) atoms. The van der Waals surface area contributed by atoms with E-state index in [1.165, 1.54) is 12.1 Å². The van der Waals surface area contributed by atoms with Crippen LogP contribution in [-0.2, 0) is 11.2 Å². The molecule has 1 atom stereocenters. The number of imide groups is 1. The van der Waals surface area contributed by atoms with E-state index in [2.05, 4.69) is 5.32 Å². The Balaban J connectivity index is 1.63. The quantitative estimate of drug-likeness (QED) is 0.450. The minimum absolute atomic E-state index is 0.0343. The van der Waals surface area contributed by atoms with Gasteiger partial charge in [0, 0.05) is 24.6 Å². The van der Waals surface area contributed by atoms with Crippen molar-refractivity contribution in [1.82, 2.24) is 10.2 Å². The number of carbonyl (C=O) groups is 3. The molecule has 4 rings (SSSR count). The maximum atomic E-state index is 13.1. The minimum atomic E-state index is -1.03. The summed E-state index contributed by atoms with van der Waals surface area (Å²) in [6.07, 6.45) is 3.90. The Bertz CT molecular complexity index is 977. The summed E-state index contributed by atoms with van der Waals surface area (Å²) in [4.78, 5) is 50.5. The topological polar surface area (TPSA) is 110 Å². The third-order valence-corrected chi connectivity index (χ3v) is 5.72. The van der Waals surface area contributed by atoms with Crippen molar-refractivity contribution in [3.05, 3.63) is 75.3 Å². The first-order valence-corrected chi connectivity index (χ1v) is 9.96. The number of benzene rings is 2. The monoisotopic (exact) mass is 407 g/mol. The summed E-state index contributed by atoms with van der Waals surface area (Å²) in [5.74, 6) is -1.37. The molecular weight excluding hydrogens is 386 g/mol. The van der Waals surface area contributed by atoms with Gasteiger partial charge >= 0.3 is 0 Å². The Morgan fingerprint density at radius 2 is 1.60 bits per heavy atom. The summed E-state index contributed by atoms with van der Waals surface area (Å²) in [6.45, 7) is 0. The lowest BCUT2D eigenvalue weighted by Crippen LogP contribution is -2.52. The highest BCUT2D eigenvalue weighted by Crippen LogP contribution is 2.27. The van der Waals surface area contributed by atoms with Gasteiger partial charge < -0.3 is 5.32 Å². The minimum Gasteiger partial charge on any atom is -0.352 e. The van der Waals surface area contributed by atoms with Crippen LogP contribution < -0.4 is 5.32 Å². The van der Waals surface area contributed by atoms with Gasteiger partial charge in [-0.25, -0.2) is 0 Å². The first-order chi connectivity index (χ1) is 14.5. The normalized spacial score (nSPS) is 17.1. The molecule has 0 spiro atoms. The second-order valence-corrected chi connectivity index (χ2v) is 7.66. The predicted molar refractivity (Wildman–Crippen MR) is 108 cm³/mol. The van der Waals surface area contributed by atoms with Gasteiger partial charge in [-0.3, -0.25) is 29.4 Å². The van der Waals surface area contributed by atoms with E-state index in [1.807, 2.05) is 0 Å². The number of hydrogen-bond acceptors (Lipinski definition) is 5. The van der Waals surface area contributed by atoms with Gasteiger partial charge in [0.25, 0.3) is 17.5 Å². The molecule has 154 valence electrons. The van der Waals surface area contributed by atoms with Crippen LogP contribution in [0.2, 0.25) is 0 Å². The number of nitro benzene ring substituents is 1. The van der Waals surface area contributed by atoms with Gasteiger partial charge in [-0.1, -0.05) is 37.1 Å². The standard InChI is InChI=1S/C22H21N3O5/c26-20(23-15-5-1-2-6-15)19(13-14-9-11-16(12-10-14)25(29)30)24-21(27)17-7-3-4-8-18(17)22(24)28/h3-4,7-12,15,19H,1-2,5-6,13H2,(H,23,26). The molecular formula is C22H21N3O5. The Hall–Kier alpha value is -3.55. The van der Waals surface area contributed by atoms with Crippen LogP contribution in [0.25, 0.3) is 0 Å². The first kappa shape index (κ1) is 19.8. The third kappa shape index (κ3) is 3.68. The lowest BCUT2D eigenvalue weighted by molar-refractivity contribution is -0.384. The van der Waals surface area contributed by atoms with E-state index in [1.54, 1.807) is 36.4 Å². The molecule has 1 N–H and O–H groups in total. The SMILES string of the molecule is O=C(NC1CCCC1)C(Cc1ccc([N+](=O)[O-])cc1)N1C(=O)c2ccccc2C1=O. The van der Waals surface area contributed by atoms with Crippen molar-refractivity contribution in [2.45, 2.75) is 44.2 Å². The molecule has 1 aliphatic carbocycles. The van der Waals surface area contributed by atoms with Crippen LogP contribution in [0.15, 0.2) is 48.5 Å². The summed E-state index contributed by atoms with van der Waals surface area (Å²) < 4.78 is 0. The number of nitrogens with zero attached hydrogens (tertiary/aromatic N) is 2. The zero-order chi connectivity index (χ0) is 21.3. The van der Waals surface area contributed by atoms with Crippen LogP contribution in [0.3, 0.4) is 0 Å². The number of fused-ring (bicyclic) bond motifs is 1. The molecule has 0 radical (unpaired) electrons. The van der Waals surface area contributed by atoms with Crippen molar-refractivity contribution in [3.63, 3.8) is 0 Å². The van der Waals surface area contributed by atoms with E-state index in [0.717, 1.165) is 30.6 Å². The van der Waals surface area contributed by atoms with Crippen LogP contribution in [0, 0.1) is 10.1 Å². The van der Waals surface area contributed by atoms with Crippen molar-refractivity contribution in [2.24, 2.45) is 0 Å². The molecule has 2 aliphatic rings. The maximum Gasteiger partial charge on any atom is 0.269 e. The summed E-state index contributed by atoms with van der Waals surface area (Å²) in [7, 11) is 0. The molecule has 8 nitrogen and oxygen atoms in total. The molecule has 3 amide bonds. The molecule has 1 fully saturated rings. The van der Waals surface area contributed by atoms with Gasteiger partial charge in [0.2, 0.25) is 5.91 Å². The van der Waals surface area contributed by atoms with Crippen molar-refractivity contribution in [2.75, 3.05) is 0 Å². The fourth-order valence-electron chi connectivity index (χ4n) is 4.14. The molecule has 1 unspecified atom stereocenters. The summed E-state index contributed by atoms with van der Waals surface area (Å²) in [5.41, 5.74) is 1.13. The molecule has 1 saturated carbocycles. The summed E-state index contributed by atoms with van der Waals surface area (Å²) >= 11 is 0. The number of nitrogens with one attached hydrogen (secondary N) is 1. The van der Waals surface area contributed by atoms with E-state index < -0.39 is 22.8 Å². The van der Waals surface area contributed by atoms with E-state index in [4.69, 9.17) is 0 Å². The zero-order valence-corrected chi connectivity index (χ0v) is 16.2. The zero-order valence-electron chi connectivity index (χ0n) is 16.2. The predicted octanol–water partition coefficient (Wildman–Crippen LogP) is 2.86. The highest BCUT2D eigenvalue weighted by atomic mass is 16.6. The van der Waals surface area contributed by atoms with E-state index >= 15 is 0 Å². The average Bonchev–Trinajstić information content (AvgIpc) is 3.34. The van der Waals surface area contributed by atoms with Gasteiger partial charge in [-0.15, -0.1) is 0 Å².